The number of amides is 2. The molecule has 4 aromatic carbocycles. The number of rotatable bonds is 15. The lowest BCUT2D eigenvalue weighted by Crippen LogP contribution is -2.46. The zero-order valence-electron chi connectivity index (χ0n) is 32.2. The Balaban J connectivity index is 1.28. The van der Waals surface area contributed by atoms with Crippen molar-refractivity contribution in [2.24, 2.45) is 23.7 Å². The average Bonchev–Trinajstić information content (AvgIpc) is 3.50. The summed E-state index contributed by atoms with van der Waals surface area (Å²) in [6, 6.07) is 24.8. The number of nitrogens with two attached hydrogens (primary N) is 1. The van der Waals surface area contributed by atoms with Crippen molar-refractivity contribution in [2.75, 3.05) is 11.1 Å². The fraction of sp³-hybridized carbons (Fsp3) is 0.378. The topological polar surface area (TPSA) is 157 Å². The van der Waals surface area contributed by atoms with Crippen LogP contribution in [0.4, 0.5) is 11.4 Å². The highest BCUT2D eigenvalue weighted by atomic mass is 16.5. The zero-order chi connectivity index (χ0) is 39.4. The van der Waals surface area contributed by atoms with Gasteiger partial charge < -0.3 is 35.7 Å². The van der Waals surface area contributed by atoms with Crippen LogP contribution in [0.15, 0.2) is 84.9 Å². The largest absolute Gasteiger partial charge is 0.508 e. The van der Waals surface area contributed by atoms with Crippen LogP contribution in [-0.2, 0) is 42.5 Å². The first-order chi connectivity index (χ1) is 26.2. The second-order valence-electron chi connectivity index (χ2n) is 15.8. The van der Waals surface area contributed by atoms with Crippen LogP contribution in [0, 0.1) is 23.7 Å². The Labute approximate surface area is 322 Å². The molecule has 10 nitrogen and oxygen atoms in total. The Morgan fingerprint density at radius 1 is 0.782 bits per heavy atom. The molecule has 1 spiro atoms. The molecule has 0 radical (unpaired) electrons. The molecule has 1 unspecified atom stereocenters. The van der Waals surface area contributed by atoms with Gasteiger partial charge in [0.05, 0.1) is 12.6 Å². The molecule has 10 heteroatoms. The number of carbonyl (C=O) groups excluding carboxylic acids is 4. The number of nitrogens with one attached hydrogen (secondary N) is 2. The van der Waals surface area contributed by atoms with Gasteiger partial charge >= 0.3 is 0 Å². The predicted molar refractivity (Wildman–Crippen MR) is 212 cm³/mol. The van der Waals surface area contributed by atoms with Crippen molar-refractivity contribution in [3.05, 3.63) is 113 Å². The number of ketones is 2. The van der Waals surface area contributed by atoms with E-state index in [1.54, 1.807) is 42.5 Å². The SMILES string of the molecule is CC(=O)C[C@@H](CC(C)C)C(=O)N[C@@H](CC(C)C)C(=O)C[C@@H](Cc1ccc(O)cc1)C(=O)Nc1ccc2c(c1)Oc1cc(N)ccc1C21OCc2ccccc21. The highest BCUT2D eigenvalue weighted by molar-refractivity contribution is 5.98. The molecule has 2 amide bonds. The Kier molecular flexibility index (Phi) is 11.8. The number of carbonyl (C=O) groups is 4. The number of fused-ring (bicyclic) bond motifs is 6. The van der Waals surface area contributed by atoms with Gasteiger partial charge in [-0.2, -0.15) is 0 Å². The second kappa shape index (κ2) is 16.5. The normalized spacial score (nSPS) is 17.1. The van der Waals surface area contributed by atoms with Crippen LogP contribution >= 0.6 is 0 Å². The molecule has 288 valence electrons. The smallest absolute Gasteiger partial charge is 0.228 e. The summed E-state index contributed by atoms with van der Waals surface area (Å²) in [5, 5.41) is 15.9. The maximum atomic E-state index is 14.2. The van der Waals surface area contributed by atoms with Crippen LogP contribution in [0.25, 0.3) is 0 Å². The third kappa shape index (κ3) is 8.75. The molecule has 2 heterocycles. The summed E-state index contributed by atoms with van der Waals surface area (Å²) >= 11 is 0. The van der Waals surface area contributed by atoms with Crippen molar-refractivity contribution in [1.29, 1.82) is 0 Å². The molecule has 0 bridgehead atoms. The van der Waals surface area contributed by atoms with Gasteiger partial charge in [0.15, 0.2) is 11.4 Å². The number of Topliss-reactive ketones (excluding diaryl/α,β-unsaturated/α-hetero) is 2. The van der Waals surface area contributed by atoms with Crippen molar-refractivity contribution < 1.29 is 33.8 Å². The van der Waals surface area contributed by atoms with E-state index in [0.717, 1.165) is 27.8 Å². The molecule has 2 aliphatic heterocycles. The first-order valence-corrected chi connectivity index (χ1v) is 19.1. The number of hydrogen-bond donors (Lipinski definition) is 4. The molecule has 55 heavy (non-hydrogen) atoms. The maximum absolute atomic E-state index is 14.2. The van der Waals surface area contributed by atoms with E-state index in [-0.39, 0.29) is 60.2 Å². The van der Waals surface area contributed by atoms with Gasteiger partial charge in [-0.1, -0.05) is 64.1 Å². The summed E-state index contributed by atoms with van der Waals surface area (Å²) in [5.74, 6) is -1.04. The lowest BCUT2D eigenvalue weighted by Gasteiger charge is -2.37. The van der Waals surface area contributed by atoms with Gasteiger partial charge in [-0.3, -0.25) is 14.4 Å². The Morgan fingerprint density at radius 2 is 1.45 bits per heavy atom. The van der Waals surface area contributed by atoms with Crippen LogP contribution < -0.4 is 21.1 Å². The van der Waals surface area contributed by atoms with Gasteiger partial charge in [-0.05, 0) is 91.1 Å². The van der Waals surface area contributed by atoms with Gasteiger partial charge in [-0.15, -0.1) is 0 Å². The minimum Gasteiger partial charge on any atom is -0.508 e. The molecule has 5 N–H and O–H groups in total. The Bertz CT molecular complexity index is 2080. The minimum absolute atomic E-state index is 0.0741. The fourth-order valence-corrected chi connectivity index (χ4v) is 7.89. The highest BCUT2D eigenvalue weighted by Crippen LogP contribution is 2.56. The molecule has 6 rings (SSSR count). The third-order valence-corrected chi connectivity index (χ3v) is 10.4. The summed E-state index contributed by atoms with van der Waals surface area (Å²) in [7, 11) is 0. The predicted octanol–water partition coefficient (Wildman–Crippen LogP) is 7.83. The van der Waals surface area contributed by atoms with Gasteiger partial charge in [0.25, 0.3) is 0 Å². The first-order valence-electron chi connectivity index (χ1n) is 19.1. The summed E-state index contributed by atoms with van der Waals surface area (Å²) in [6.07, 6.45) is 1.06. The molecule has 0 aromatic heterocycles. The number of benzene rings is 4. The van der Waals surface area contributed by atoms with Crippen LogP contribution in [0.5, 0.6) is 17.2 Å². The van der Waals surface area contributed by atoms with Crippen LogP contribution in [0.1, 0.15) is 88.1 Å². The van der Waals surface area contributed by atoms with Crippen molar-refractivity contribution >= 4 is 34.8 Å². The maximum Gasteiger partial charge on any atom is 0.228 e. The lowest BCUT2D eigenvalue weighted by molar-refractivity contribution is -0.133. The summed E-state index contributed by atoms with van der Waals surface area (Å²) < 4.78 is 13.1. The number of anilines is 2. The van der Waals surface area contributed by atoms with Gasteiger partial charge in [-0.25, -0.2) is 0 Å². The average molecular weight is 746 g/mol. The molecule has 2 aliphatic rings. The number of ether oxygens (including phenoxy) is 2. The molecule has 0 aliphatic carbocycles. The molecule has 0 fully saturated rings. The molecule has 4 atom stereocenters. The Hall–Kier alpha value is -5.48. The van der Waals surface area contributed by atoms with E-state index < -0.39 is 23.5 Å². The lowest BCUT2D eigenvalue weighted by atomic mass is 9.77. The molecular formula is C45H51N3O7. The van der Waals surface area contributed by atoms with E-state index in [9.17, 15) is 24.3 Å². The van der Waals surface area contributed by atoms with Crippen molar-refractivity contribution in [1.82, 2.24) is 5.32 Å². The quantitative estimate of drug-likeness (QED) is 0.0898. The summed E-state index contributed by atoms with van der Waals surface area (Å²) in [4.78, 5) is 53.9. The third-order valence-electron chi connectivity index (χ3n) is 10.4. The molecule has 4 aromatic rings. The van der Waals surface area contributed by atoms with E-state index >= 15 is 0 Å². The van der Waals surface area contributed by atoms with E-state index in [0.29, 0.717) is 42.3 Å². The number of aromatic hydroxyl groups is 1. The second-order valence-corrected chi connectivity index (χ2v) is 15.8. The van der Waals surface area contributed by atoms with E-state index in [1.807, 2.05) is 64.1 Å². The number of phenols is 1. The standard InChI is InChI=1S/C45H51N3O7/c1-26(2)18-31(20-28(5)49)44(53)48-39(19-27(3)4)40(51)22-32(21-29-10-14-35(50)15-11-29)43(52)47-34-13-17-38-42(24-34)55-41-23-33(46)12-16-37(41)45(38)36-9-7-6-8-30(36)25-54-45/h6-17,23-24,26-27,31-32,39,50H,18-22,25,46H2,1-5H3,(H,47,52)(H,48,53)/t31-,32-,39+,45?/m1/s1. The fourth-order valence-electron chi connectivity index (χ4n) is 7.89. The molecule has 0 saturated heterocycles. The van der Waals surface area contributed by atoms with E-state index in [4.69, 9.17) is 15.2 Å². The van der Waals surface area contributed by atoms with Crippen molar-refractivity contribution in [3.63, 3.8) is 0 Å². The zero-order valence-corrected chi connectivity index (χ0v) is 32.2. The number of nitrogen functional groups attached to an aromatic ring is 1. The van der Waals surface area contributed by atoms with Crippen molar-refractivity contribution in [3.8, 4) is 17.2 Å². The summed E-state index contributed by atoms with van der Waals surface area (Å²) in [5.41, 5.74) is 10.7. The van der Waals surface area contributed by atoms with Crippen LogP contribution in [-0.4, -0.2) is 34.5 Å². The van der Waals surface area contributed by atoms with Gasteiger partial charge in [0, 0.05) is 59.3 Å². The molecular weight excluding hydrogens is 695 g/mol. The monoisotopic (exact) mass is 745 g/mol. The van der Waals surface area contributed by atoms with E-state index in [2.05, 4.69) is 16.7 Å². The highest BCUT2D eigenvalue weighted by Gasteiger charge is 2.49. The van der Waals surface area contributed by atoms with Gasteiger partial charge in [0.1, 0.15) is 23.0 Å². The minimum atomic E-state index is -0.933. The first kappa shape index (κ1) is 39.2. The van der Waals surface area contributed by atoms with Gasteiger partial charge in [0.2, 0.25) is 11.8 Å². The number of hydrogen-bond acceptors (Lipinski definition) is 8. The Morgan fingerprint density at radius 3 is 2.15 bits per heavy atom. The van der Waals surface area contributed by atoms with E-state index in [1.165, 1.54) is 6.92 Å². The van der Waals surface area contributed by atoms with Crippen molar-refractivity contribution in [2.45, 2.75) is 85.0 Å². The van der Waals surface area contributed by atoms with Crippen LogP contribution in [0.3, 0.4) is 0 Å². The van der Waals surface area contributed by atoms with Crippen LogP contribution in [0.2, 0.25) is 0 Å². The summed E-state index contributed by atoms with van der Waals surface area (Å²) in [6.45, 7) is 9.81. The molecule has 0 saturated carbocycles. The number of phenolic OH excluding ortho intramolecular Hbond substituents is 1.